The number of nitro groups is 1. The van der Waals surface area contributed by atoms with E-state index in [1.54, 1.807) is 25.1 Å². The summed E-state index contributed by atoms with van der Waals surface area (Å²) in [5.41, 5.74) is 0.671. The molecule has 0 saturated heterocycles. The summed E-state index contributed by atoms with van der Waals surface area (Å²) in [4.78, 5) is 39.1. The first-order chi connectivity index (χ1) is 12.8. The molecule has 0 spiro atoms. The van der Waals surface area contributed by atoms with Crippen molar-refractivity contribution in [2.75, 3.05) is 0 Å². The second-order valence-corrected chi connectivity index (χ2v) is 6.75. The van der Waals surface area contributed by atoms with Gasteiger partial charge in [-0.15, -0.1) is 0 Å². The lowest BCUT2D eigenvalue weighted by Crippen LogP contribution is -2.23. The molecule has 0 fully saturated rings. The Hall–Kier alpha value is -3.07. The molecule has 0 unspecified atom stereocenters. The molecule has 0 amide bonds. The van der Waals surface area contributed by atoms with Crippen molar-refractivity contribution in [1.82, 2.24) is 9.55 Å². The molecule has 0 saturated carbocycles. The molecule has 9 heteroatoms. The highest BCUT2D eigenvalue weighted by Gasteiger charge is 2.13. The average Bonchev–Trinajstić information content (AvgIpc) is 2.61. The number of carbonyl (C=O) groups is 1. The van der Waals surface area contributed by atoms with Gasteiger partial charge in [0.25, 0.3) is 11.2 Å². The Kier molecular flexibility index (Phi) is 5.31. The van der Waals surface area contributed by atoms with Crippen LogP contribution in [0.4, 0.5) is 5.69 Å². The summed E-state index contributed by atoms with van der Waals surface area (Å²) in [5.74, 6) is -0.333. The van der Waals surface area contributed by atoms with Gasteiger partial charge < -0.3 is 4.74 Å². The van der Waals surface area contributed by atoms with Gasteiger partial charge in [0.15, 0.2) is 0 Å². The van der Waals surface area contributed by atoms with Crippen LogP contribution in [0.25, 0.3) is 10.9 Å². The van der Waals surface area contributed by atoms with Gasteiger partial charge in [-0.2, -0.15) is 0 Å². The number of ether oxygens (including phenoxy) is 1. The van der Waals surface area contributed by atoms with Crippen molar-refractivity contribution in [1.29, 1.82) is 0 Å². The van der Waals surface area contributed by atoms with Gasteiger partial charge in [-0.1, -0.05) is 15.9 Å². The summed E-state index contributed by atoms with van der Waals surface area (Å²) in [6, 6.07) is 9.29. The number of hydrogen-bond acceptors (Lipinski definition) is 6. The Morgan fingerprint density at radius 3 is 2.78 bits per heavy atom. The van der Waals surface area contributed by atoms with E-state index in [2.05, 4.69) is 20.9 Å². The number of halogens is 1. The van der Waals surface area contributed by atoms with Gasteiger partial charge in [-0.25, -0.2) is 4.98 Å². The molecule has 0 aliphatic carbocycles. The van der Waals surface area contributed by atoms with Crippen LogP contribution in [0.1, 0.15) is 12.0 Å². The van der Waals surface area contributed by atoms with Gasteiger partial charge >= 0.3 is 5.97 Å². The third-order valence-corrected chi connectivity index (χ3v) is 4.43. The van der Waals surface area contributed by atoms with E-state index >= 15 is 0 Å². The van der Waals surface area contributed by atoms with Gasteiger partial charge in [-0.3, -0.25) is 24.3 Å². The Bertz CT molecular complexity index is 1110. The average molecular weight is 432 g/mol. The highest BCUT2D eigenvalue weighted by Crippen LogP contribution is 2.23. The van der Waals surface area contributed by atoms with Crippen LogP contribution in [0.3, 0.4) is 0 Å². The van der Waals surface area contributed by atoms with E-state index in [1.807, 2.05) is 0 Å². The van der Waals surface area contributed by atoms with Crippen LogP contribution in [0.2, 0.25) is 0 Å². The van der Waals surface area contributed by atoms with Crippen LogP contribution in [-0.2, 0) is 11.3 Å². The van der Waals surface area contributed by atoms with Crippen molar-refractivity contribution < 1.29 is 14.5 Å². The molecule has 2 aromatic carbocycles. The van der Waals surface area contributed by atoms with Crippen molar-refractivity contribution in [2.45, 2.75) is 19.9 Å². The monoisotopic (exact) mass is 431 g/mol. The molecule has 0 N–H and O–H groups in total. The minimum atomic E-state index is -0.551. The summed E-state index contributed by atoms with van der Waals surface area (Å²) in [5, 5.41) is 11.3. The standard InChI is InChI=1S/C18H14BrN3O5/c1-11-8-13(3-5-16(11)22(25)26)27-17(23)6-7-21-10-20-15-4-2-12(19)9-14(15)18(21)24/h2-5,8-10H,6-7H2,1H3. The third kappa shape index (κ3) is 4.20. The molecule has 0 bridgehead atoms. The Morgan fingerprint density at radius 1 is 1.30 bits per heavy atom. The predicted molar refractivity (Wildman–Crippen MR) is 102 cm³/mol. The van der Waals surface area contributed by atoms with Gasteiger partial charge in [-0.05, 0) is 37.3 Å². The van der Waals surface area contributed by atoms with Crippen molar-refractivity contribution in [3.8, 4) is 5.75 Å². The highest BCUT2D eigenvalue weighted by molar-refractivity contribution is 9.10. The minimum absolute atomic E-state index is 0.0445. The van der Waals surface area contributed by atoms with Crippen LogP contribution in [0.15, 0.2) is 52.0 Å². The van der Waals surface area contributed by atoms with E-state index < -0.39 is 10.9 Å². The van der Waals surface area contributed by atoms with E-state index in [9.17, 15) is 19.7 Å². The van der Waals surface area contributed by atoms with Crippen LogP contribution in [0, 0.1) is 17.0 Å². The zero-order valence-electron chi connectivity index (χ0n) is 14.2. The molecule has 0 radical (unpaired) electrons. The molecule has 1 heterocycles. The molecular weight excluding hydrogens is 418 g/mol. The molecule has 3 rings (SSSR count). The Labute approximate surface area is 161 Å². The van der Waals surface area contributed by atoms with Crippen molar-refractivity contribution in [2.24, 2.45) is 0 Å². The van der Waals surface area contributed by atoms with Crippen LogP contribution in [0.5, 0.6) is 5.75 Å². The highest BCUT2D eigenvalue weighted by atomic mass is 79.9. The number of aromatic nitrogens is 2. The molecular formula is C18H14BrN3O5. The van der Waals surface area contributed by atoms with E-state index in [-0.39, 0.29) is 30.0 Å². The maximum atomic E-state index is 12.5. The Morgan fingerprint density at radius 2 is 2.07 bits per heavy atom. The zero-order chi connectivity index (χ0) is 19.6. The van der Waals surface area contributed by atoms with Crippen LogP contribution < -0.4 is 10.3 Å². The fourth-order valence-corrected chi connectivity index (χ4v) is 2.94. The molecule has 3 aromatic rings. The summed E-state index contributed by atoms with van der Waals surface area (Å²) >= 11 is 3.32. The van der Waals surface area contributed by atoms with Crippen LogP contribution in [-0.4, -0.2) is 20.4 Å². The number of nitro benzene ring substituents is 1. The number of nitrogens with zero attached hydrogens (tertiary/aromatic N) is 3. The van der Waals surface area contributed by atoms with E-state index in [4.69, 9.17) is 4.74 Å². The maximum absolute atomic E-state index is 12.5. The first kappa shape index (κ1) is 18.7. The van der Waals surface area contributed by atoms with Crippen LogP contribution >= 0.6 is 15.9 Å². The third-order valence-electron chi connectivity index (χ3n) is 3.94. The zero-order valence-corrected chi connectivity index (χ0v) is 15.8. The molecule has 0 atom stereocenters. The predicted octanol–water partition coefficient (Wildman–Crippen LogP) is 3.37. The molecule has 0 aliphatic rings. The van der Waals surface area contributed by atoms with Gasteiger partial charge in [0, 0.05) is 22.6 Å². The molecule has 8 nitrogen and oxygen atoms in total. The molecule has 27 heavy (non-hydrogen) atoms. The normalized spacial score (nSPS) is 10.7. The smallest absolute Gasteiger partial charge is 0.312 e. The molecule has 0 aliphatic heterocycles. The number of benzene rings is 2. The first-order valence-corrected chi connectivity index (χ1v) is 8.75. The minimum Gasteiger partial charge on any atom is -0.426 e. The van der Waals surface area contributed by atoms with Crippen molar-refractivity contribution in [3.05, 3.63) is 73.2 Å². The fraction of sp³-hybridized carbons (Fsp3) is 0.167. The lowest BCUT2D eigenvalue weighted by molar-refractivity contribution is -0.385. The summed E-state index contributed by atoms with van der Waals surface area (Å²) in [7, 11) is 0. The van der Waals surface area contributed by atoms with E-state index in [0.29, 0.717) is 16.5 Å². The second kappa shape index (κ2) is 7.67. The van der Waals surface area contributed by atoms with Gasteiger partial charge in [0.05, 0.1) is 28.6 Å². The fourth-order valence-electron chi connectivity index (χ4n) is 2.58. The SMILES string of the molecule is Cc1cc(OC(=O)CCn2cnc3ccc(Br)cc3c2=O)ccc1[N+](=O)[O-]. The van der Waals surface area contributed by atoms with Gasteiger partial charge in [0.1, 0.15) is 5.75 Å². The largest absolute Gasteiger partial charge is 0.426 e. The number of aryl methyl sites for hydroxylation is 2. The second-order valence-electron chi connectivity index (χ2n) is 5.83. The quantitative estimate of drug-likeness (QED) is 0.265. The number of rotatable bonds is 5. The molecule has 1 aromatic heterocycles. The summed E-state index contributed by atoms with van der Waals surface area (Å²) in [6.45, 7) is 1.67. The number of esters is 1. The first-order valence-electron chi connectivity index (χ1n) is 7.95. The van der Waals surface area contributed by atoms with Gasteiger partial charge in [0.2, 0.25) is 0 Å². The van der Waals surface area contributed by atoms with Crippen molar-refractivity contribution >= 4 is 38.5 Å². The molecule has 138 valence electrons. The maximum Gasteiger partial charge on any atom is 0.312 e. The topological polar surface area (TPSA) is 104 Å². The number of hydrogen-bond donors (Lipinski definition) is 0. The number of fused-ring (bicyclic) bond motifs is 1. The lowest BCUT2D eigenvalue weighted by atomic mass is 10.2. The number of carbonyl (C=O) groups excluding carboxylic acids is 1. The summed E-state index contributed by atoms with van der Waals surface area (Å²) < 4.78 is 7.30. The van der Waals surface area contributed by atoms with Crippen molar-refractivity contribution in [3.63, 3.8) is 0 Å². The Balaban J connectivity index is 1.70. The summed E-state index contributed by atoms with van der Waals surface area (Å²) in [6.07, 6.45) is 1.35. The lowest BCUT2D eigenvalue weighted by Gasteiger charge is -2.08. The van der Waals surface area contributed by atoms with E-state index in [1.165, 1.54) is 29.1 Å². The van der Waals surface area contributed by atoms with E-state index in [0.717, 1.165) is 4.47 Å².